The van der Waals surface area contributed by atoms with Gasteiger partial charge in [-0.25, -0.2) is 0 Å². The monoisotopic (exact) mass is 280 g/mol. The molecule has 62 valence electrons. The van der Waals surface area contributed by atoms with E-state index in [2.05, 4.69) is 4.52 Å². The van der Waals surface area contributed by atoms with Crippen LogP contribution in [0, 0.1) is 0 Å². The first-order valence-electron chi connectivity index (χ1n) is 2.49. The lowest BCUT2D eigenvalue weighted by Gasteiger charge is -2.17. The van der Waals surface area contributed by atoms with Gasteiger partial charge in [0.25, 0.3) is 0 Å². The highest BCUT2D eigenvalue weighted by Crippen LogP contribution is 2.59. The SMILES string of the molecule is COC(OC)P(=O)(I)OC. The number of rotatable bonds is 4. The average molecular weight is 280 g/mol. The molecule has 0 aromatic rings. The topological polar surface area (TPSA) is 44.8 Å². The molecule has 0 amide bonds. The van der Waals surface area contributed by atoms with Crippen LogP contribution in [0.2, 0.25) is 0 Å². The minimum absolute atomic E-state index is 0.766. The number of ether oxygens (including phenoxy) is 2. The van der Waals surface area contributed by atoms with Crippen molar-refractivity contribution < 1.29 is 18.6 Å². The first-order valence-corrected chi connectivity index (χ1v) is 6.97. The van der Waals surface area contributed by atoms with Gasteiger partial charge in [0.05, 0.1) is 0 Å². The molecule has 0 saturated carbocycles. The normalized spacial score (nSPS) is 17.3. The van der Waals surface area contributed by atoms with Crippen LogP contribution in [-0.2, 0) is 18.6 Å². The molecule has 10 heavy (non-hydrogen) atoms. The summed E-state index contributed by atoms with van der Waals surface area (Å²) >= 11 is 1.69. The molecule has 0 rings (SSSR count). The Bertz CT molecular complexity index is 135. The van der Waals surface area contributed by atoms with Gasteiger partial charge in [0.15, 0.2) is 0 Å². The first kappa shape index (κ1) is 10.8. The third kappa shape index (κ3) is 2.84. The number of methoxy groups -OCH3 is 2. The van der Waals surface area contributed by atoms with E-state index in [-0.39, 0.29) is 0 Å². The van der Waals surface area contributed by atoms with Crippen molar-refractivity contribution in [2.75, 3.05) is 21.3 Å². The second kappa shape index (κ2) is 4.66. The van der Waals surface area contributed by atoms with Crippen molar-refractivity contribution in [3.63, 3.8) is 0 Å². The van der Waals surface area contributed by atoms with Crippen molar-refractivity contribution in [2.24, 2.45) is 0 Å². The molecule has 6 heteroatoms. The van der Waals surface area contributed by atoms with Crippen molar-refractivity contribution in [2.45, 2.75) is 6.03 Å². The van der Waals surface area contributed by atoms with E-state index in [0.717, 1.165) is 0 Å². The summed E-state index contributed by atoms with van der Waals surface area (Å²) in [7, 11) is 4.19. The van der Waals surface area contributed by atoms with E-state index in [1.54, 1.807) is 22.0 Å². The second-order valence-corrected chi connectivity index (χ2v) is 7.35. The maximum atomic E-state index is 11.3. The summed E-state index contributed by atoms with van der Waals surface area (Å²) in [5.74, 6) is 0. The van der Waals surface area contributed by atoms with E-state index < -0.39 is 11.0 Å². The van der Waals surface area contributed by atoms with Crippen LogP contribution in [0.4, 0.5) is 0 Å². The minimum Gasteiger partial charge on any atom is -0.347 e. The summed E-state index contributed by atoms with van der Waals surface area (Å²) in [6, 6.07) is -0.766. The van der Waals surface area contributed by atoms with Crippen LogP contribution < -0.4 is 0 Å². The van der Waals surface area contributed by atoms with Crippen LogP contribution in [0.15, 0.2) is 0 Å². The summed E-state index contributed by atoms with van der Waals surface area (Å²) in [6.45, 7) is 0. The lowest BCUT2D eigenvalue weighted by molar-refractivity contribution is -0.0476. The van der Waals surface area contributed by atoms with E-state index >= 15 is 0 Å². The average Bonchev–Trinajstić information content (AvgIpc) is 1.90. The Morgan fingerprint density at radius 1 is 1.30 bits per heavy atom. The molecule has 0 aromatic heterocycles. The largest absolute Gasteiger partial charge is 0.347 e. The molecule has 4 nitrogen and oxygen atoms in total. The molecule has 0 saturated heterocycles. The molecular formula is C4H10IO4P. The molecular weight excluding hydrogens is 270 g/mol. The van der Waals surface area contributed by atoms with Gasteiger partial charge in [0.1, 0.15) is 0 Å². The number of hydrogen-bond donors (Lipinski definition) is 0. The molecule has 0 aliphatic rings. The maximum Gasteiger partial charge on any atom is 0.313 e. The van der Waals surface area contributed by atoms with E-state index in [1.807, 2.05) is 0 Å². The second-order valence-electron chi connectivity index (χ2n) is 1.48. The van der Waals surface area contributed by atoms with Crippen LogP contribution in [0.1, 0.15) is 0 Å². The number of hydrogen-bond acceptors (Lipinski definition) is 4. The Morgan fingerprint density at radius 3 is 1.80 bits per heavy atom. The van der Waals surface area contributed by atoms with E-state index in [1.165, 1.54) is 21.3 Å². The van der Waals surface area contributed by atoms with E-state index in [9.17, 15) is 4.57 Å². The summed E-state index contributed by atoms with van der Waals surface area (Å²) in [5.41, 5.74) is 0. The van der Waals surface area contributed by atoms with Crippen molar-refractivity contribution in [1.29, 1.82) is 0 Å². The summed E-state index contributed by atoms with van der Waals surface area (Å²) in [4.78, 5) is 0. The lowest BCUT2D eigenvalue weighted by Crippen LogP contribution is -2.11. The van der Waals surface area contributed by atoms with Crippen molar-refractivity contribution >= 4 is 27.1 Å². The zero-order valence-corrected chi connectivity index (χ0v) is 9.09. The maximum absolute atomic E-state index is 11.3. The zero-order valence-electron chi connectivity index (χ0n) is 6.04. The molecule has 0 radical (unpaired) electrons. The molecule has 0 bridgehead atoms. The van der Waals surface area contributed by atoms with Gasteiger partial charge in [0.2, 0.25) is 6.03 Å². The molecule has 1 atom stereocenters. The van der Waals surface area contributed by atoms with Gasteiger partial charge in [-0.3, -0.25) is 4.57 Å². The van der Waals surface area contributed by atoms with Crippen LogP contribution in [0.5, 0.6) is 0 Å². The Morgan fingerprint density at radius 2 is 1.70 bits per heavy atom. The quantitative estimate of drug-likeness (QED) is 0.448. The fourth-order valence-electron chi connectivity index (χ4n) is 0.434. The fourth-order valence-corrected chi connectivity index (χ4v) is 2.47. The van der Waals surface area contributed by atoms with Crippen LogP contribution in [0.3, 0.4) is 0 Å². The van der Waals surface area contributed by atoms with E-state index in [4.69, 9.17) is 9.47 Å². The zero-order chi connectivity index (χ0) is 8.20. The minimum atomic E-state index is -2.76. The Hall–Kier alpha value is 0.840. The molecule has 0 aliphatic heterocycles. The van der Waals surface area contributed by atoms with Gasteiger partial charge in [-0.1, -0.05) is 0 Å². The van der Waals surface area contributed by atoms with Crippen molar-refractivity contribution in [1.82, 2.24) is 0 Å². The van der Waals surface area contributed by atoms with Crippen molar-refractivity contribution in [3.05, 3.63) is 0 Å². The summed E-state index contributed by atoms with van der Waals surface area (Å²) in [6.07, 6.45) is 0. The van der Waals surface area contributed by atoms with Crippen LogP contribution in [-0.4, -0.2) is 27.4 Å². The van der Waals surface area contributed by atoms with Gasteiger partial charge >= 0.3 is 5.01 Å². The summed E-state index contributed by atoms with van der Waals surface area (Å²) < 4.78 is 25.4. The highest BCUT2D eigenvalue weighted by molar-refractivity contribution is 14.2. The molecule has 0 aromatic carbocycles. The Kier molecular flexibility index (Phi) is 5.06. The van der Waals surface area contributed by atoms with Gasteiger partial charge in [-0.15, -0.1) is 0 Å². The molecule has 0 N–H and O–H groups in total. The fraction of sp³-hybridized carbons (Fsp3) is 1.00. The Labute approximate surface area is 73.2 Å². The molecule has 0 spiro atoms. The summed E-state index contributed by atoms with van der Waals surface area (Å²) in [5, 5.41) is -2.76. The predicted molar refractivity (Wildman–Crippen MR) is 46.4 cm³/mol. The highest BCUT2D eigenvalue weighted by atomic mass is 127. The van der Waals surface area contributed by atoms with Gasteiger partial charge in [-0.05, 0) is 0 Å². The third-order valence-electron chi connectivity index (χ3n) is 0.904. The lowest BCUT2D eigenvalue weighted by atomic mass is 11.3. The first-order chi connectivity index (χ1) is 4.58. The van der Waals surface area contributed by atoms with Crippen LogP contribution >= 0.6 is 27.1 Å². The van der Waals surface area contributed by atoms with Gasteiger partial charge < -0.3 is 14.0 Å². The van der Waals surface area contributed by atoms with Gasteiger partial charge in [0, 0.05) is 43.4 Å². The van der Waals surface area contributed by atoms with Crippen LogP contribution in [0.25, 0.3) is 0 Å². The molecule has 0 fully saturated rings. The standard InChI is InChI=1S/C4H10IO4P/c1-7-4(8-2)10(5,6)9-3/h4H,1-3H3. The molecule has 0 aliphatic carbocycles. The molecule has 0 heterocycles. The smallest absolute Gasteiger partial charge is 0.313 e. The number of halogens is 1. The van der Waals surface area contributed by atoms with E-state index in [0.29, 0.717) is 0 Å². The third-order valence-corrected chi connectivity index (χ3v) is 4.87. The molecule has 1 unspecified atom stereocenters. The predicted octanol–water partition coefficient (Wildman–Crippen LogP) is 1.84. The highest BCUT2D eigenvalue weighted by Gasteiger charge is 2.30. The van der Waals surface area contributed by atoms with Gasteiger partial charge in [-0.2, -0.15) is 0 Å². The Balaban J connectivity index is 4.12. The van der Waals surface area contributed by atoms with Crippen molar-refractivity contribution in [3.8, 4) is 0 Å².